The van der Waals surface area contributed by atoms with E-state index in [0.29, 0.717) is 12.5 Å². The number of carbonyl (C=O) groups is 1. The van der Waals surface area contributed by atoms with Crippen molar-refractivity contribution in [1.29, 1.82) is 0 Å². The molecule has 0 atom stereocenters. The largest absolute Gasteiger partial charge is 0.326 e. The predicted molar refractivity (Wildman–Crippen MR) is 90.6 cm³/mol. The Bertz CT molecular complexity index is 677. The number of benzene rings is 1. The molecule has 3 aliphatic rings. The molecule has 1 amide bonds. The van der Waals surface area contributed by atoms with E-state index in [-0.39, 0.29) is 5.91 Å². The number of hydrogen-bond acceptors (Lipinski definition) is 4. The summed E-state index contributed by atoms with van der Waals surface area (Å²) < 4.78 is 0. The third-order valence-electron chi connectivity index (χ3n) is 4.32. The fraction of sp³-hybridized carbons (Fsp3) is 0.438. The van der Waals surface area contributed by atoms with Crippen LogP contribution in [0.15, 0.2) is 28.3 Å². The van der Waals surface area contributed by atoms with Gasteiger partial charge in [-0.15, -0.1) is 0 Å². The van der Waals surface area contributed by atoms with Gasteiger partial charge in [-0.05, 0) is 24.5 Å². The molecule has 114 valence electrons. The van der Waals surface area contributed by atoms with Gasteiger partial charge in [-0.3, -0.25) is 15.2 Å². The van der Waals surface area contributed by atoms with Crippen LogP contribution in [0, 0.1) is 0 Å². The summed E-state index contributed by atoms with van der Waals surface area (Å²) in [7, 11) is 0. The van der Waals surface area contributed by atoms with Crippen molar-refractivity contribution >= 4 is 34.2 Å². The van der Waals surface area contributed by atoms with Gasteiger partial charge in [0.2, 0.25) is 5.91 Å². The number of hydrogen-bond donors (Lipinski definition) is 2. The topological polar surface area (TPSA) is 65.8 Å². The minimum atomic E-state index is 0.0659. The summed E-state index contributed by atoms with van der Waals surface area (Å²) in [6, 6.07) is 6.54. The third kappa shape index (κ3) is 2.75. The van der Waals surface area contributed by atoms with Crippen molar-refractivity contribution in [2.75, 3.05) is 11.1 Å². The van der Waals surface area contributed by atoms with Crippen LogP contribution in [0.4, 0.5) is 5.69 Å². The summed E-state index contributed by atoms with van der Waals surface area (Å²) in [5.41, 5.74) is 7.12. The van der Waals surface area contributed by atoms with E-state index in [1.165, 1.54) is 25.7 Å². The number of nitrogens with zero attached hydrogens (tertiary/aromatic N) is 2. The van der Waals surface area contributed by atoms with E-state index in [9.17, 15) is 4.79 Å². The fourth-order valence-electron chi connectivity index (χ4n) is 3.12. The van der Waals surface area contributed by atoms with Crippen LogP contribution in [0.5, 0.6) is 0 Å². The summed E-state index contributed by atoms with van der Waals surface area (Å²) in [4.78, 5) is 16.2. The molecule has 22 heavy (non-hydrogen) atoms. The Hall–Kier alpha value is -1.82. The Balaban J connectivity index is 1.49. The molecule has 2 aliphatic heterocycles. The summed E-state index contributed by atoms with van der Waals surface area (Å²) >= 11 is 1.71. The molecule has 1 fully saturated rings. The number of rotatable bonds is 2. The molecule has 0 aromatic heterocycles. The van der Waals surface area contributed by atoms with Crippen LogP contribution in [0.25, 0.3) is 0 Å². The molecule has 1 aliphatic carbocycles. The SMILES string of the molecule is O=C1Cc2ccc(C3=NNC(=NC4CCCC4)SC3)cc2N1. The first kappa shape index (κ1) is 13.8. The Labute approximate surface area is 133 Å². The standard InChI is InChI=1S/C16H18N4OS/c21-15-8-11-6-5-10(7-13(11)18-15)14-9-22-16(20-19-14)17-12-3-1-2-4-12/h5-7,12H,1-4,8-9H2,(H,17,20)(H,18,21). The Kier molecular flexibility index (Phi) is 3.62. The van der Waals surface area contributed by atoms with Gasteiger partial charge in [0.15, 0.2) is 5.17 Å². The van der Waals surface area contributed by atoms with Crippen LogP contribution in [0.3, 0.4) is 0 Å². The molecule has 0 radical (unpaired) electrons. The van der Waals surface area contributed by atoms with E-state index >= 15 is 0 Å². The molecule has 5 nitrogen and oxygen atoms in total. The first-order valence-electron chi connectivity index (χ1n) is 7.74. The minimum Gasteiger partial charge on any atom is -0.326 e. The zero-order valence-electron chi connectivity index (χ0n) is 12.3. The number of fused-ring (bicyclic) bond motifs is 1. The molecule has 2 heterocycles. The first-order valence-corrected chi connectivity index (χ1v) is 8.73. The number of amidine groups is 1. The van der Waals surface area contributed by atoms with E-state index in [2.05, 4.69) is 15.8 Å². The van der Waals surface area contributed by atoms with E-state index in [4.69, 9.17) is 4.99 Å². The van der Waals surface area contributed by atoms with Gasteiger partial charge in [0.05, 0.1) is 18.2 Å². The number of hydrazone groups is 1. The minimum absolute atomic E-state index is 0.0659. The second kappa shape index (κ2) is 5.76. The van der Waals surface area contributed by atoms with Crippen molar-refractivity contribution in [3.8, 4) is 0 Å². The maximum absolute atomic E-state index is 11.4. The maximum Gasteiger partial charge on any atom is 0.228 e. The van der Waals surface area contributed by atoms with Gasteiger partial charge >= 0.3 is 0 Å². The average Bonchev–Trinajstić information content (AvgIpc) is 3.15. The molecule has 6 heteroatoms. The van der Waals surface area contributed by atoms with Crippen LogP contribution >= 0.6 is 11.8 Å². The van der Waals surface area contributed by atoms with Crippen molar-refractivity contribution in [2.24, 2.45) is 10.1 Å². The van der Waals surface area contributed by atoms with Crippen molar-refractivity contribution in [2.45, 2.75) is 38.1 Å². The molecule has 2 N–H and O–H groups in total. The highest BCUT2D eigenvalue weighted by Gasteiger charge is 2.21. The van der Waals surface area contributed by atoms with Gasteiger partial charge in [0.25, 0.3) is 0 Å². The lowest BCUT2D eigenvalue weighted by atomic mass is 10.1. The third-order valence-corrected chi connectivity index (χ3v) is 5.21. The van der Waals surface area contributed by atoms with E-state index in [1.54, 1.807) is 11.8 Å². The van der Waals surface area contributed by atoms with Gasteiger partial charge in [-0.25, -0.2) is 0 Å². The van der Waals surface area contributed by atoms with Crippen LogP contribution in [0.1, 0.15) is 36.8 Å². The molecule has 0 unspecified atom stereocenters. The van der Waals surface area contributed by atoms with E-state index in [1.807, 2.05) is 18.2 Å². The molecule has 0 saturated heterocycles. The highest BCUT2D eigenvalue weighted by molar-refractivity contribution is 8.14. The number of aliphatic imine (C=N–C) groups is 1. The normalized spacial score (nSPS) is 23.2. The second-order valence-corrected chi connectivity index (χ2v) is 6.89. The number of anilines is 1. The number of amides is 1. The average molecular weight is 314 g/mol. The van der Waals surface area contributed by atoms with Crippen LogP contribution < -0.4 is 10.7 Å². The molecule has 0 spiro atoms. The molecule has 1 aromatic rings. The number of carbonyl (C=O) groups excluding carboxylic acids is 1. The predicted octanol–water partition coefficient (Wildman–Crippen LogP) is 2.52. The molecule has 1 aromatic carbocycles. The Morgan fingerprint density at radius 2 is 2.14 bits per heavy atom. The summed E-state index contributed by atoms with van der Waals surface area (Å²) in [5, 5.41) is 8.29. The van der Waals surface area contributed by atoms with Crippen molar-refractivity contribution in [1.82, 2.24) is 5.43 Å². The van der Waals surface area contributed by atoms with Crippen molar-refractivity contribution in [3.05, 3.63) is 29.3 Å². The van der Waals surface area contributed by atoms with Crippen molar-refractivity contribution in [3.63, 3.8) is 0 Å². The highest BCUT2D eigenvalue weighted by Crippen LogP contribution is 2.26. The molecule has 0 bridgehead atoms. The zero-order chi connectivity index (χ0) is 14.9. The number of nitrogens with one attached hydrogen (secondary N) is 2. The quantitative estimate of drug-likeness (QED) is 0.881. The summed E-state index contributed by atoms with van der Waals surface area (Å²) in [6.45, 7) is 0. The van der Waals surface area contributed by atoms with Gasteiger partial charge in [-0.2, -0.15) is 5.10 Å². The van der Waals surface area contributed by atoms with Gasteiger partial charge in [-0.1, -0.05) is 36.7 Å². The second-order valence-electron chi connectivity index (χ2n) is 5.93. The summed E-state index contributed by atoms with van der Waals surface area (Å²) in [6.07, 6.45) is 5.47. The summed E-state index contributed by atoms with van der Waals surface area (Å²) in [5.74, 6) is 0.877. The van der Waals surface area contributed by atoms with Gasteiger partial charge in [0.1, 0.15) is 0 Å². The zero-order valence-corrected chi connectivity index (χ0v) is 13.1. The molecular formula is C16H18N4OS. The van der Waals surface area contributed by atoms with Crippen LogP contribution in [0.2, 0.25) is 0 Å². The smallest absolute Gasteiger partial charge is 0.228 e. The molecule has 4 rings (SSSR count). The van der Waals surface area contributed by atoms with Gasteiger partial charge in [0, 0.05) is 17.0 Å². The van der Waals surface area contributed by atoms with E-state index in [0.717, 1.165) is 33.4 Å². The molecule has 1 saturated carbocycles. The Morgan fingerprint density at radius 3 is 2.91 bits per heavy atom. The van der Waals surface area contributed by atoms with Crippen LogP contribution in [-0.4, -0.2) is 28.6 Å². The monoisotopic (exact) mass is 314 g/mol. The number of thioether (sulfide) groups is 1. The fourth-order valence-corrected chi connectivity index (χ4v) is 3.96. The highest BCUT2D eigenvalue weighted by atomic mass is 32.2. The molecular weight excluding hydrogens is 296 g/mol. The Morgan fingerprint density at radius 1 is 1.27 bits per heavy atom. The maximum atomic E-state index is 11.4. The lowest BCUT2D eigenvalue weighted by Gasteiger charge is -2.16. The lowest BCUT2D eigenvalue weighted by molar-refractivity contribution is -0.115. The van der Waals surface area contributed by atoms with E-state index < -0.39 is 0 Å². The van der Waals surface area contributed by atoms with Crippen LogP contribution in [-0.2, 0) is 11.2 Å². The van der Waals surface area contributed by atoms with Crippen molar-refractivity contribution < 1.29 is 4.79 Å². The van der Waals surface area contributed by atoms with Gasteiger partial charge < -0.3 is 5.32 Å². The lowest BCUT2D eigenvalue weighted by Crippen LogP contribution is -2.26. The first-order chi connectivity index (χ1) is 10.8.